The van der Waals surface area contributed by atoms with Crippen LogP contribution in [-0.2, 0) is 4.79 Å². The summed E-state index contributed by atoms with van der Waals surface area (Å²) in [6.07, 6.45) is 4.17. The molecule has 36 heavy (non-hydrogen) atoms. The Bertz CT molecular complexity index is 1280. The first-order chi connectivity index (χ1) is 17.6. The average molecular weight is 483 g/mol. The van der Waals surface area contributed by atoms with Crippen molar-refractivity contribution in [2.24, 2.45) is 11.7 Å². The van der Waals surface area contributed by atoms with Gasteiger partial charge in [0.05, 0.1) is 5.39 Å². The van der Waals surface area contributed by atoms with Crippen LogP contribution in [0.2, 0.25) is 0 Å². The molecule has 2 aromatic heterocycles. The molecule has 1 aliphatic heterocycles. The lowest BCUT2D eigenvalue weighted by Crippen LogP contribution is -2.37. The van der Waals surface area contributed by atoms with Gasteiger partial charge in [-0.1, -0.05) is 60.7 Å². The summed E-state index contributed by atoms with van der Waals surface area (Å²) in [6, 6.07) is 23.5. The van der Waals surface area contributed by atoms with E-state index >= 15 is 0 Å². The maximum atomic E-state index is 11.2. The zero-order chi connectivity index (χ0) is 24.9. The minimum atomic E-state index is -0.232. The maximum absolute atomic E-state index is 11.2. The van der Waals surface area contributed by atoms with Gasteiger partial charge in [-0.2, -0.15) is 0 Å². The van der Waals surface area contributed by atoms with E-state index in [4.69, 9.17) is 5.73 Å². The Balaban J connectivity index is 1.42. The van der Waals surface area contributed by atoms with E-state index in [2.05, 4.69) is 92.8 Å². The number of hydrogen-bond acceptors (Lipinski definition) is 5. The van der Waals surface area contributed by atoms with Crippen molar-refractivity contribution in [2.75, 3.05) is 25.0 Å². The van der Waals surface area contributed by atoms with Crippen LogP contribution in [0.25, 0.3) is 11.0 Å². The highest BCUT2D eigenvalue weighted by molar-refractivity contribution is 5.88. The molecule has 4 N–H and O–H groups in total. The Morgan fingerprint density at radius 2 is 1.72 bits per heavy atom. The second-order valence-electron chi connectivity index (χ2n) is 9.77. The predicted octanol–water partition coefficient (Wildman–Crippen LogP) is 4.85. The van der Waals surface area contributed by atoms with Crippen LogP contribution in [0.4, 0.5) is 5.82 Å². The molecular weight excluding hydrogens is 448 g/mol. The molecule has 2 atom stereocenters. The highest BCUT2D eigenvalue weighted by Crippen LogP contribution is 2.39. The van der Waals surface area contributed by atoms with Crippen molar-refractivity contribution in [3.05, 3.63) is 89.9 Å². The van der Waals surface area contributed by atoms with Gasteiger partial charge in [-0.15, -0.1) is 0 Å². The second kappa shape index (κ2) is 10.9. The fourth-order valence-electron chi connectivity index (χ4n) is 5.42. The van der Waals surface area contributed by atoms with E-state index in [1.165, 1.54) is 16.8 Å². The standard InChI is InChI=1S/C29H34N6O/c1-20(21-8-4-2-5-9-21)33-28-24-18-25(34-29(24)32-19-31-28)27(22-10-6-3-7-11-22)23-12-15-35(16-13-23)17-14-26(30)36/h2-11,18-20,23,27H,12-17H2,1H3,(H2,30,36)(H2,31,32,33,34)/t20-,27?/m1/s1. The molecule has 2 aromatic carbocycles. The molecule has 0 bridgehead atoms. The fraction of sp³-hybridized carbons (Fsp3) is 0.345. The number of rotatable bonds is 9. The summed E-state index contributed by atoms with van der Waals surface area (Å²) >= 11 is 0. The number of piperidine rings is 1. The molecule has 0 spiro atoms. The third-order valence-electron chi connectivity index (χ3n) is 7.37. The number of aromatic amines is 1. The number of H-pyrrole nitrogens is 1. The Labute approximate surface area is 212 Å². The van der Waals surface area contributed by atoms with E-state index in [1.807, 2.05) is 6.07 Å². The molecule has 3 heterocycles. The van der Waals surface area contributed by atoms with Crippen LogP contribution < -0.4 is 11.1 Å². The van der Waals surface area contributed by atoms with Gasteiger partial charge in [-0.25, -0.2) is 9.97 Å². The first-order valence-corrected chi connectivity index (χ1v) is 12.8. The molecular formula is C29H34N6O. The minimum absolute atomic E-state index is 0.123. The van der Waals surface area contributed by atoms with Gasteiger partial charge in [0.15, 0.2) is 0 Å². The van der Waals surface area contributed by atoms with Gasteiger partial charge >= 0.3 is 0 Å². The number of anilines is 1. The van der Waals surface area contributed by atoms with Crippen LogP contribution in [-0.4, -0.2) is 45.4 Å². The normalized spacial score (nSPS) is 16.6. The summed E-state index contributed by atoms with van der Waals surface area (Å²) in [6.45, 7) is 4.84. The molecule has 7 nitrogen and oxygen atoms in total. The number of aromatic nitrogens is 3. The van der Waals surface area contributed by atoms with Crippen molar-refractivity contribution in [2.45, 2.75) is 38.1 Å². The lowest BCUT2D eigenvalue weighted by Gasteiger charge is -2.36. The molecule has 1 saturated heterocycles. The van der Waals surface area contributed by atoms with Gasteiger partial charge in [0.1, 0.15) is 17.8 Å². The van der Waals surface area contributed by atoms with Gasteiger partial charge in [-0.05, 0) is 56.0 Å². The Morgan fingerprint density at radius 1 is 1.06 bits per heavy atom. The fourth-order valence-corrected chi connectivity index (χ4v) is 5.42. The number of nitrogens with two attached hydrogens (primary N) is 1. The number of benzene rings is 2. The van der Waals surface area contributed by atoms with E-state index in [9.17, 15) is 4.79 Å². The summed E-state index contributed by atoms with van der Waals surface area (Å²) in [7, 11) is 0. The molecule has 7 heteroatoms. The molecule has 4 aromatic rings. The number of carbonyl (C=O) groups is 1. The number of nitrogens with zero attached hydrogens (tertiary/aromatic N) is 3. The molecule has 1 unspecified atom stereocenters. The molecule has 186 valence electrons. The summed E-state index contributed by atoms with van der Waals surface area (Å²) in [5.74, 6) is 1.33. The number of carbonyl (C=O) groups excluding carboxylic acids is 1. The zero-order valence-corrected chi connectivity index (χ0v) is 20.7. The lowest BCUT2D eigenvalue weighted by molar-refractivity contribution is -0.118. The number of hydrogen-bond donors (Lipinski definition) is 3. The number of nitrogens with one attached hydrogen (secondary N) is 2. The van der Waals surface area contributed by atoms with Crippen LogP contribution in [0.1, 0.15) is 55.0 Å². The van der Waals surface area contributed by atoms with E-state index in [1.54, 1.807) is 6.33 Å². The Kier molecular flexibility index (Phi) is 7.28. The highest BCUT2D eigenvalue weighted by atomic mass is 16.1. The molecule has 0 radical (unpaired) electrons. The molecule has 0 saturated carbocycles. The van der Waals surface area contributed by atoms with E-state index in [0.717, 1.165) is 49.3 Å². The van der Waals surface area contributed by atoms with Crippen molar-refractivity contribution in [1.82, 2.24) is 19.9 Å². The quantitative estimate of drug-likeness (QED) is 0.317. The van der Waals surface area contributed by atoms with E-state index in [0.29, 0.717) is 12.3 Å². The average Bonchev–Trinajstić information content (AvgIpc) is 3.34. The largest absolute Gasteiger partial charge is 0.370 e. The van der Waals surface area contributed by atoms with Crippen LogP contribution in [0, 0.1) is 5.92 Å². The smallest absolute Gasteiger partial charge is 0.218 e. The summed E-state index contributed by atoms with van der Waals surface area (Å²) < 4.78 is 0. The van der Waals surface area contributed by atoms with Crippen LogP contribution in [0.5, 0.6) is 0 Å². The predicted molar refractivity (Wildman–Crippen MR) is 144 cm³/mol. The van der Waals surface area contributed by atoms with Gasteiger partial charge < -0.3 is 20.9 Å². The van der Waals surface area contributed by atoms with Crippen molar-refractivity contribution in [1.29, 1.82) is 0 Å². The van der Waals surface area contributed by atoms with Crippen LogP contribution in [0.3, 0.4) is 0 Å². The number of likely N-dealkylation sites (tertiary alicyclic amines) is 1. The van der Waals surface area contributed by atoms with Crippen molar-refractivity contribution in [3.63, 3.8) is 0 Å². The maximum Gasteiger partial charge on any atom is 0.218 e. The number of amides is 1. The first kappa shape index (κ1) is 24.0. The topological polar surface area (TPSA) is 99.9 Å². The van der Waals surface area contributed by atoms with Crippen LogP contribution >= 0.6 is 0 Å². The third kappa shape index (κ3) is 5.41. The SMILES string of the molecule is C[C@@H](Nc1ncnc2[nH]c(C(c3ccccc3)C3CCN(CCC(N)=O)CC3)cc12)c1ccccc1. The molecule has 1 amide bonds. The molecule has 5 rings (SSSR count). The van der Waals surface area contributed by atoms with Gasteiger partial charge in [0, 0.05) is 30.6 Å². The number of primary amides is 1. The Hall–Kier alpha value is -3.71. The van der Waals surface area contributed by atoms with Gasteiger partial charge in [0.25, 0.3) is 0 Å². The summed E-state index contributed by atoms with van der Waals surface area (Å²) in [4.78, 5) is 26.4. The molecule has 1 fully saturated rings. The molecule has 1 aliphatic rings. The van der Waals surface area contributed by atoms with E-state index in [-0.39, 0.29) is 17.9 Å². The third-order valence-corrected chi connectivity index (χ3v) is 7.37. The van der Waals surface area contributed by atoms with E-state index < -0.39 is 0 Å². The highest BCUT2D eigenvalue weighted by Gasteiger charge is 2.30. The van der Waals surface area contributed by atoms with Gasteiger partial charge in [-0.3, -0.25) is 4.79 Å². The number of fused-ring (bicyclic) bond motifs is 1. The second-order valence-corrected chi connectivity index (χ2v) is 9.77. The van der Waals surface area contributed by atoms with Crippen molar-refractivity contribution in [3.8, 4) is 0 Å². The molecule has 0 aliphatic carbocycles. The Morgan fingerprint density at radius 3 is 2.39 bits per heavy atom. The van der Waals surface area contributed by atoms with Gasteiger partial charge in [0.2, 0.25) is 5.91 Å². The first-order valence-electron chi connectivity index (χ1n) is 12.8. The zero-order valence-electron chi connectivity index (χ0n) is 20.7. The van der Waals surface area contributed by atoms with Crippen LogP contribution in [0.15, 0.2) is 73.1 Å². The summed E-state index contributed by atoms with van der Waals surface area (Å²) in [5.41, 5.74) is 9.90. The summed E-state index contributed by atoms with van der Waals surface area (Å²) in [5, 5.41) is 4.60. The monoisotopic (exact) mass is 482 g/mol. The lowest BCUT2D eigenvalue weighted by atomic mass is 9.78. The minimum Gasteiger partial charge on any atom is -0.370 e. The van der Waals surface area contributed by atoms with Crippen molar-refractivity contribution >= 4 is 22.8 Å². The van der Waals surface area contributed by atoms with Crippen molar-refractivity contribution < 1.29 is 4.79 Å².